The van der Waals surface area contributed by atoms with Crippen LogP contribution in [0.4, 0.5) is 0 Å². The van der Waals surface area contributed by atoms with Crippen molar-refractivity contribution in [2.75, 3.05) is 0 Å². The van der Waals surface area contributed by atoms with Gasteiger partial charge in [0.2, 0.25) is 0 Å². The summed E-state index contributed by atoms with van der Waals surface area (Å²) in [5.74, 6) is -2.30. The lowest BCUT2D eigenvalue weighted by atomic mass is 10.1. The van der Waals surface area contributed by atoms with Crippen LogP contribution < -0.4 is 67.9 Å². The molecule has 0 spiro atoms. The summed E-state index contributed by atoms with van der Waals surface area (Å²) in [5, 5.41) is 92.6. The van der Waals surface area contributed by atoms with Gasteiger partial charge >= 0.3 is 22.8 Å². The van der Waals surface area contributed by atoms with Gasteiger partial charge in [-0.1, -0.05) is 66.2 Å². The zero-order valence-electron chi connectivity index (χ0n) is 64.5. The molecule has 4 aromatic carbocycles. The van der Waals surface area contributed by atoms with E-state index in [2.05, 4.69) is 67.7 Å². The van der Waals surface area contributed by atoms with Crippen molar-refractivity contribution in [1.82, 2.24) is 117 Å². The van der Waals surface area contributed by atoms with E-state index in [-0.39, 0.29) is 97.9 Å². The normalized spacial score (nSPS) is 12.3. The van der Waals surface area contributed by atoms with Crippen molar-refractivity contribution >= 4 is 77.4 Å². The van der Waals surface area contributed by atoms with Crippen LogP contribution >= 0.6 is 22.7 Å². The number of nitrogens with zero attached hydrogens (tertiary/aromatic N) is 24. The van der Waals surface area contributed by atoms with Gasteiger partial charge in [-0.3, -0.25) is 74.9 Å². The zero-order chi connectivity index (χ0) is 86.4. The van der Waals surface area contributed by atoms with Gasteiger partial charge in [0.05, 0.1) is 52.4 Å². The lowest BCUT2D eigenvalue weighted by Gasteiger charge is -2.10. The first kappa shape index (κ1) is 84.5. The SMILES string of the molecule is Cc1cc2cc([C@@H](O)Cn3nnc(Cn4cc(C(N)=O)c(=O)n(C)c4=O)n3)ccc2o1.Cc1ccc([C@@H](O)Cn2nnc(Cn3cc(C(N)=O)c(=O)n(C)c3=O)n2)cc1.Cc1ccc2cc([C@@H](O)Cn3nnc(Cn4cc(C(N)=O)c(=O)n(C)c4=O)n3)sc2c1.Cn1c(=O)c(C(N)=O)cn(Cc2nnn(C[C@H](O)c3cc4ccccc4s3)n2)c1=O. The average molecular weight is 1680 g/mol. The number of nitrogens with two attached hydrogens (primary N) is 4. The van der Waals surface area contributed by atoms with Crippen LogP contribution in [0.25, 0.3) is 31.1 Å². The Morgan fingerprint density at radius 1 is 0.383 bits per heavy atom. The number of benzene rings is 4. The Morgan fingerprint density at radius 3 is 1.09 bits per heavy atom. The number of aliphatic hydroxyl groups is 4. The Bertz CT molecular complexity index is 6790. The number of tetrazole rings is 4. The molecular weight excluding hydrogens is 1610 g/mol. The maximum absolute atomic E-state index is 12.3. The second-order valence-electron chi connectivity index (χ2n) is 27.3. The summed E-state index contributed by atoms with van der Waals surface area (Å²) < 4.78 is 15.2. The summed E-state index contributed by atoms with van der Waals surface area (Å²) in [6.45, 7) is 5.58. The van der Waals surface area contributed by atoms with Gasteiger partial charge in [-0.05, 0) is 112 Å². The number of rotatable bonds is 24. The van der Waals surface area contributed by atoms with Crippen molar-refractivity contribution in [2.45, 2.75) is 97.5 Å². The number of aryl methyl sites for hydroxylation is 3. The van der Waals surface area contributed by atoms with E-state index in [4.69, 9.17) is 27.4 Å². The number of carbonyl (C=O) groups is 4. The van der Waals surface area contributed by atoms with Gasteiger partial charge in [0.1, 0.15) is 58.0 Å². The number of hydrogen-bond acceptors (Lipinski definition) is 31. The van der Waals surface area contributed by atoms with Gasteiger partial charge in [0, 0.05) is 77.5 Å². The topological polar surface area (TPSA) is 617 Å². The number of amides is 4. The molecule has 15 rings (SSSR count). The fourth-order valence-corrected chi connectivity index (χ4v) is 14.2. The molecule has 620 valence electrons. The lowest BCUT2D eigenvalue weighted by molar-refractivity contribution is 0.0988. The Kier molecular flexibility index (Phi) is 25.1. The molecule has 0 saturated heterocycles. The minimum Gasteiger partial charge on any atom is -0.461 e. The molecule has 0 aliphatic carbocycles. The van der Waals surface area contributed by atoms with E-state index in [0.717, 1.165) is 119 Å². The minimum atomic E-state index is -0.945. The molecule has 4 atom stereocenters. The monoisotopic (exact) mass is 1680 g/mol. The minimum absolute atomic E-state index is 0.0318. The largest absolute Gasteiger partial charge is 0.461 e. The number of thiophene rings is 2. The van der Waals surface area contributed by atoms with Crippen molar-refractivity contribution in [3.8, 4) is 0 Å². The first-order chi connectivity index (χ1) is 57.0. The van der Waals surface area contributed by atoms with Gasteiger partial charge in [-0.25, -0.2) is 19.2 Å². The Labute approximate surface area is 678 Å². The Hall–Kier alpha value is -14.9. The lowest BCUT2D eigenvalue weighted by Crippen LogP contribution is -2.42. The molecule has 0 unspecified atom stereocenters. The summed E-state index contributed by atoms with van der Waals surface area (Å²) in [5.41, 5.74) is 18.1. The molecule has 0 fully saturated rings. The fraction of sp³-hybridized carbons (Fsp3) is 0.260. The van der Waals surface area contributed by atoms with Crippen LogP contribution in [0.5, 0.6) is 0 Å². The third-order valence-corrected chi connectivity index (χ3v) is 20.8. The van der Waals surface area contributed by atoms with E-state index < -0.39 is 93.0 Å². The van der Waals surface area contributed by atoms with E-state index in [1.165, 1.54) is 70.1 Å². The highest BCUT2D eigenvalue weighted by Gasteiger charge is 2.24. The molecule has 11 heterocycles. The summed E-state index contributed by atoms with van der Waals surface area (Å²) in [4.78, 5) is 149. The van der Waals surface area contributed by atoms with Crippen LogP contribution in [-0.2, 0) is 80.5 Å². The number of aliphatic hydroxyl groups excluding tert-OH is 4. The van der Waals surface area contributed by atoms with Crippen molar-refractivity contribution < 1.29 is 44.0 Å². The number of fused-ring (bicyclic) bond motifs is 3. The van der Waals surface area contributed by atoms with Crippen LogP contribution in [0.3, 0.4) is 0 Å². The number of furan rings is 1. The predicted octanol–water partition coefficient (Wildman–Crippen LogP) is -2.24. The van der Waals surface area contributed by atoms with Crippen molar-refractivity contribution in [2.24, 2.45) is 51.1 Å². The maximum Gasteiger partial charge on any atom is 0.331 e. The maximum atomic E-state index is 12.3. The van der Waals surface area contributed by atoms with E-state index in [1.54, 1.807) is 12.1 Å². The van der Waals surface area contributed by atoms with Crippen LogP contribution in [0.15, 0.2) is 171 Å². The van der Waals surface area contributed by atoms with Crippen LogP contribution in [0, 0.1) is 20.8 Å². The number of aromatic nitrogens is 24. The van der Waals surface area contributed by atoms with E-state index in [0.29, 0.717) is 11.1 Å². The van der Waals surface area contributed by atoms with E-state index >= 15 is 0 Å². The molecule has 0 radical (unpaired) electrons. The summed E-state index contributed by atoms with van der Waals surface area (Å²) in [6.07, 6.45) is 0.932. The van der Waals surface area contributed by atoms with E-state index in [9.17, 15) is 78.0 Å². The highest BCUT2D eigenvalue weighted by Crippen LogP contribution is 2.33. The van der Waals surface area contributed by atoms with Gasteiger partial charge in [-0.2, -0.15) is 19.2 Å². The zero-order valence-corrected chi connectivity index (χ0v) is 66.2. The molecule has 15 aromatic rings. The third kappa shape index (κ3) is 19.3. The van der Waals surface area contributed by atoms with Gasteiger partial charge in [0.15, 0.2) is 23.3 Å². The highest BCUT2D eigenvalue weighted by atomic mass is 32.1. The second-order valence-corrected chi connectivity index (χ2v) is 29.5. The highest BCUT2D eigenvalue weighted by molar-refractivity contribution is 7.19. The van der Waals surface area contributed by atoms with Crippen molar-refractivity contribution in [3.05, 3.63) is 295 Å². The molecule has 47 heteroatoms. The molecule has 0 bridgehead atoms. The molecule has 0 aliphatic rings. The van der Waals surface area contributed by atoms with E-state index in [1.807, 2.05) is 106 Å². The van der Waals surface area contributed by atoms with Crippen LogP contribution in [0.2, 0.25) is 0 Å². The molecule has 45 nitrogen and oxygen atoms in total. The Morgan fingerprint density at radius 2 is 0.717 bits per heavy atom. The molecular formula is C73H74N28O17S2. The van der Waals surface area contributed by atoms with Gasteiger partial charge in [-0.15, -0.1) is 63.5 Å². The molecule has 11 aromatic heterocycles. The Balaban J connectivity index is 0.000000147. The van der Waals surface area contributed by atoms with Gasteiger partial charge in [0.25, 0.3) is 45.9 Å². The van der Waals surface area contributed by atoms with Crippen molar-refractivity contribution in [1.29, 1.82) is 0 Å². The van der Waals surface area contributed by atoms with Crippen LogP contribution in [0.1, 0.15) is 127 Å². The molecule has 12 N–H and O–H groups in total. The average Bonchev–Trinajstić information content (AvgIpc) is 1.23. The third-order valence-electron chi connectivity index (χ3n) is 18.3. The quantitative estimate of drug-likeness (QED) is 0.0317. The fourth-order valence-electron chi connectivity index (χ4n) is 12.0. The first-order valence-electron chi connectivity index (χ1n) is 35.8. The molecule has 120 heavy (non-hydrogen) atoms. The second kappa shape index (κ2) is 35.7. The van der Waals surface area contributed by atoms with Gasteiger partial charge < -0.3 is 47.8 Å². The molecule has 4 amide bonds. The number of hydrogen-bond donors (Lipinski definition) is 8. The molecule has 0 aliphatic heterocycles. The smallest absolute Gasteiger partial charge is 0.331 e. The predicted molar refractivity (Wildman–Crippen MR) is 426 cm³/mol. The number of primary amides is 4. The van der Waals surface area contributed by atoms with Crippen molar-refractivity contribution in [3.63, 3.8) is 0 Å². The standard InChI is InChI=1S/C19H19N7O5.C19H19N7O4S.C18H17N7O4S.C17H19N7O4/c1-10-5-12-6-11(3-4-15(12)31-10)14(27)8-26-22-16(21-23-26)9-25-7-13(17(20)28)18(29)24(2)19(25)30;1-10-3-4-11-6-15(31-14(11)5-10)13(27)8-26-22-16(21-23-26)9-25-7-12(17(20)28)18(29)24(2)19(25)30;1-23-17(28)11(16(19)27)7-24(18(23)29)9-15-20-22-25(21-15)8-12(26)14-6-10-4-2-3-5-13(10)30-14;1-10-3-5-11(6-4-10)13(25)8-24-20-14(19-21-24)9-23-7-12(15(18)26)16(27)22(2)17(23)28/h3-7,14,27H,8-9H2,1-2H3,(H2,20,28);3-7,13,27H,8-9H2,1-2H3,(H2,20,28);2-7,12,26H,8-9H2,1H3,(H2,19,27);3-7,13,25H,8-9H2,1-2H3,(H2,18,26)/t14-;13-;12-;13-/m0000/s1. The summed E-state index contributed by atoms with van der Waals surface area (Å²) in [7, 11) is 4.99. The summed E-state index contributed by atoms with van der Waals surface area (Å²) in [6, 6.07) is 32.4. The van der Waals surface area contributed by atoms with Crippen LogP contribution in [-0.4, -0.2) is 161 Å². The molecule has 0 saturated carbocycles. The number of carbonyl (C=O) groups excluding carboxylic acids is 4. The summed E-state index contributed by atoms with van der Waals surface area (Å²) >= 11 is 2.98. The first-order valence-corrected chi connectivity index (χ1v) is 37.4.